The van der Waals surface area contributed by atoms with Crippen LogP contribution in [0.3, 0.4) is 0 Å². The lowest BCUT2D eigenvalue weighted by Crippen LogP contribution is -2.00. The summed E-state index contributed by atoms with van der Waals surface area (Å²) in [5.74, 6) is -0.225. The number of aliphatic carboxylic acids is 1. The highest BCUT2D eigenvalue weighted by molar-refractivity contribution is 7.99. The van der Waals surface area contributed by atoms with Crippen molar-refractivity contribution in [1.29, 1.82) is 0 Å². The largest absolute Gasteiger partial charge is 0.481 e. The molecule has 0 unspecified atom stereocenters. The first-order valence-electron chi connectivity index (χ1n) is 5.53. The van der Waals surface area contributed by atoms with Crippen LogP contribution in [0.1, 0.15) is 11.4 Å². The molecule has 0 radical (unpaired) electrons. The van der Waals surface area contributed by atoms with Crippen LogP contribution in [-0.4, -0.2) is 31.6 Å². The molecule has 1 aromatic carbocycles. The molecule has 0 fully saturated rings. The third kappa shape index (κ3) is 3.97. The number of benzene rings is 1. The van der Waals surface area contributed by atoms with E-state index in [9.17, 15) is 4.79 Å². The summed E-state index contributed by atoms with van der Waals surface area (Å²) < 4.78 is 1.60. The van der Waals surface area contributed by atoms with E-state index in [1.54, 1.807) is 11.7 Å². The number of carbonyl (C=O) groups is 1. The number of hydrogen-bond acceptors (Lipinski definition) is 4. The molecule has 0 bridgehead atoms. The zero-order chi connectivity index (χ0) is 13.8. The van der Waals surface area contributed by atoms with Crippen LogP contribution in [0.2, 0.25) is 5.02 Å². The fourth-order valence-corrected chi connectivity index (χ4v) is 2.31. The molecule has 0 amide bonds. The number of rotatable bonds is 5. The minimum atomic E-state index is -0.868. The highest BCUT2D eigenvalue weighted by Crippen LogP contribution is 2.17. The van der Waals surface area contributed by atoms with E-state index in [2.05, 4.69) is 10.1 Å². The first-order valence-corrected chi connectivity index (χ1v) is 6.90. The van der Waals surface area contributed by atoms with E-state index in [1.165, 1.54) is 0 Å². The van der Waals surface area contributed by atoms with Crippen molar-refractivity contribution in [1.82, 2.24) is 14.8 Å². The van der Waals surface area contributed by atoms with Crippen molar-refractivity contribution in [2.24, 2.45) is 7.05 Å². The molecule has 0 saturated heterocycles. The SMILES string of the molecule is Cn1nc(Cc2ccc(Cl)cc2)nc1SCC(=O)O. The average Bonchev–Trinajstić information content (AvgIpc) is 2.70. The van der Waals surface area contributed by atoms with Crippen molar-refractivity contribution < 1.29 is 9.90 Å². The minimum absolute atomic E-state index is 0.0209. The molecule has 0 aliphatic rings. The molecule has 1 N–H and O–H groups in total. The summed E-state index contributed by atoms with van der Waals surface area (Å²) in [4.78, 5) is 14.8. The van der Waals surface area contributed by atoms with Crippen molar-refractivity contribution in [3.05, 3.63) is 40.7 Å². The molecule has 2 aromatic rings. The molecule has 0 atom stereocenters. The summed E-state index contributed by atoms with van der Waals surface area (Å²) in [6.07, 6.45) is 0.596. The summed E-state index contributed by atoms with van der Waals surface area (Å²) >= 11 is 6.98. The molecular weight excluding hydrogens is 286 g/mol. The van der Waals surface area contributed by atoms with E-state index in [0.29, 0.717) is 22.4 Å². The second-order valence-electron chi connectivity index (χ2n) is 3.92. The van der Waals surface area contributed by atoms with E-state index in [1.807, 2.05) is 24.3 Å². The van der Waals surface area contributed by atoms with Gasteiger partial charge in [-0.05, 0) is 17.7 Å². The number of thioether (sulfide) groups is 1. The standard InChI is InChI=1S/C12H12ClN3O2S/c1-16-12(19-7-11(17)18)14-10(15-16)6-8-2-4-9(13)5-3-8/h2-5H,6-7H2,1H3,(H,17,18). The molecule has 0 spiro atoms. The fraction of sp³-hybridized carbons (Fsp3) is 0.250. The van der Waals surface area contributed by atoms with Crippen LogP contribution in [0.15, 0.2) is 29.4 Å². The Morgan fingerprint density at radius 2 is 2.11 bits per heavy atom. The van der Waals surface area contributed by atoms with Crippen LogP contribution < -0.4 is 0 Å². The molecule has 100 valence electrons. The van der Waals surface area contributed by atoms with Gasteiger partial charge in [0, 0.05) is 18.5 Å². The number of carboxylic acid groups (broad SMARTS) is 1. The van der Waals surface area contributed by atoms with Crippen LogP contribution in [0.25, 0.3) is 0 Å². The summed E-state index contributed by atoms with van der Waals surface area (Å²) in [6.45, 7) is 0. The van der Waals surface area contributed by atoms with Gasteiger partial charge in [-0.3, -0.25) is 4.79 Å². The normalized spacial score (nSPS) is 10.6. The number of hydrogen-bond donors (Lipinski definition) is 1. The van der Waals surface area contributed by atoms with E-state index >= 15 is 0 Å². The second-order valence-corrected chi connectivity index (χ2v) is 5.30. The Morgan fingerprint density at radius 3 is 2.74 bits per heavy atom. The Balaban J connectivity index is 2.07. The topological polar surface area (TPSA) is 68.0 Å². The molecular formula is C12H12ClN3O2S. The Morgan fingerprint density at radius 1 is 1.42 bits per heavy atom. The molecule has 1 aromatic heterocycles. The van der Waals surface area contributed by atoms with E-state index in [-0.39, 0.29) is 5.75 Å². The van der Waals surface area contributed by atoms with Gasteiger partial charge < -0.3 is 5.11 Å². The molecule has 5 nitrogen and oxygen atoms in total. The third-order valence-electron chi connectivity index (χ3n) is 2.37. The quantitative estimate of drug-likeness (QED) is 0.857. The van der Waals surface area contributed by atoms with Gasteiger partial charge in [0.25, 0.3) is 0 Å². The number of halogens is 1. The fourth-order valence-electron chi connectivity index (χ4n) is 1.53. The van der Waals surface area contributed by atoms with E-state index in [4.69, 9.17) is 16.7 Å². The van der Waals surface area contributed by atoms with E-state index in [0.717, 1.165) is 17.3 Å². The molecule has 1 heterocycles. The van der Waals surface area contributed by atoms with Crippen LogP contribution in [0.5, 0.6) is 0 Å². The Hall–Kier alpha value is -1.53. The summed E-state index contributed by atoms with van der Waals surface area (Å²) in [7, 11) is 1.75. The Bertz CT molecular complexity index is 583. The minimum Gasteiger partial charge on any atom is -0.481 e. The summed E-state index contributed by atoms with van der Waals surface area (Å²) in [5, 5.41) is 14.2. The number of aromatic nitrogens is 3. The number of aryl methyl sites for hydroxylation is 1. The van der Waals surface area contributed by atoms with Gasteiger partial charge >= 0.3 is 5.97 Å². The molecule has 0 aliphatic heterocycles. The van der Waals surface area contributed by atoms with Crippen molar-refractivity contribution in [3.63, 3.8) is 0 Å². The van der Waals surface area contributed by atoms with Crippen molar-refractivity contribution in [2.45, 2.75) is 11.6 Å². The zero-order valence-corrected chi connectivity index (χ0v) is 11.8. The van der Waals surface area contributed by atoms with Crippen molar-refractivity contribution in [3.8, 4) is 0 Å². The van der Waals surface area contributed by atoms with Gasteiger partial charge in [-0.1, -0.05) is 35.5 Å². The summed E-state index contributed by atoms with van der Waals surface area (Å²) in [5.41, 5.74) is 1.06. The monoisotopic (exact) mass is 297 g/mol. The molecule has 0 aliphatic carbocycles. The van der Waals surface area contributed by atoms with E-state index < -0.39 is 5.97 Å². The van der Waals surface area contributed by atoms with Crippen molar-refractivity contribution in [2.75, 3.05) is 5.75 Å². The predicted octanol–water partition coefficient (Wildman–Crippen LogP) is 2.24. The molecule has 19 heavy (non-hydrogen) atoms. The first-order chi connectivity index (χ1) is 9.04. The summed E-state index contributed by atoms with van der Waals surface area (Å²) in [6, 6.07) is 7.48. The maximum atomic E-state index is 10.5. The third-order valence-corrected chi connectivity index (χ3v) is 3.62. The molecule has 2 rings (SSSR count). The predicted molar refractivity (Wildman–Crippen MR) is 73.6 cm³/mol. The average molecular weight is 298 g/mol. The van der Waals surface area contributed by atoms with Crippen molar-refractivity contribution >= 4 is 29.3 Å². The van der Waals surface area contributed by atoms with Gasteiger partial charge in [0.1, 0.15) is 0 Å². The first kappa shape index (κ1) is 13.9. The highest BCUT2D eigenvalue weighted by atomic mass is 35.5. The van der Waals surface area contributed by atoms with Gasteiger partial charge in [-0.25, -0.2) is 9.67 Å². The van der Waals surface area contributed by atoms with Crippen LogP contribution in [0, 0.1) is 0 Å². The van der Waals surface area contributed by atoms with Gasteiger partial charge in [0.15, 0.2) is 11.0 Å². The Labute approximate surface area is 119 Å². The van der Waals surface area contributed by atoms with Gasteiger partial charge in [0.05, 0.1) is 5.75 Å². The number of nitrogens with zero attached hydrogens (tertiary/aromatic N) is 3. The molecule has 7 heteroatoms. The van der Waals surface area contributed by atoms with Crippen LogP contribution in [0.4, 0.5) is 0 Å². The van der Waals surface area contributed by atoms with Gasteiger partial charge in [-0.15, -0.1) is 0 Å². The second kappa shape index (κ2) is 6.08. The lowest BCUT2D eigenvalue weighted by molar-refractivity contribution is -0.133. The number of carboxylic acids is 1. The maximum Gasteiger partial charge on any atom is 0.313 e. The smallest absolute Gasteiger partial charge is 0.313 e. The lowest BCUT2D eigenvalue weighted by atomic mass is 10.1. The molecule has 0 saturated carbocycles. The highest BCUT2D eigenvalue weighted by Gasteiger charge is 2.10. The Kier molecular flexibility index (Phi) is 4.44. The zero-order valence-electron chi connectivity index (χ0n) is 10.2. The van der Waals surface area contributed by atoms with Gasteiger partial charge in [-0.2, -0.15) is 5.10 Å². The van der Waals surface area contributed by atoms with Crippen LogP contribution in [-0.2, 0) is 18.3 Å². The lowest BCUT2D eigenvalue weighted by Gasteiger charge is -1.96. The van der Waals surface area contributed by atoms with Crippen LogP contribution >= 0.6 is 23.4 Å². The van der Waals surface area contributed by atoms with Gasteiger partial charge in [0.2, 0.25) is 0 Å². The maximum absolute atomic E-state index is 10.5.